The van der Waals surface area contributed by atoms with E-state index in [9.17, 15) is 4.79 Å². The molecule has 0 bridgehead atoms. The molecule has 2 N–H and O–H groups in total. The van der Waals surface area contributed by atoms with Crippen LogP contribution in [0.4, 0.5) is 11.5 Å². The van der Waals surface area contributed by atoms with Crippen molar-refractivity contribution in [2.75, 3.05) is 19.1 Å². The number of anilines is 2. The SMILES string of the molecule is COc1ccc(N(C)c2nc(C)nc3ccccc23)cc1OC(C)(C)C(N)=O. The second kappa shape index (κ2) is 7.34. The normalized spacial score (nSPS) is 11.3. The third-order valence-electron chi connectivity index (χ3n) is 4.51. The Balaban J connectivity index is 2.07. The van der Waals surface area contributed by atoms with Gasteiger partial charge in [0.05, 0.1) is 12.6 Å². The molecule has 0 aliphatic heterocycles. The molecule has 146 valence electrons. The minimum Gasteiger partial charge on any atom is -0.493 e. The summed E-state index contributed by atoms with van der Waals surface area (Å²) in [6.07, 6.45) is 0. The second-order valence-corrected chi connectivity index (χ2v) is 6.98. The van der Waals surface area contributed by atoms with Crippen molar-refractivity contribution in [3.05, 3.63) is 48.3 Å². The molecule has 1 amide bonds. The van der Waals surface area contributed by atoms with Gasteiger partial charge in [-0.1, -0.05) is 12.1 Å². The van der Waals surface area contributed by atoms with Gasteiger partial charge in [-0.3, -0.25) is 4.79 Å². The number of methoxy groups -OCH3 is 1. The maximum atomic E-state index is 11.7. The van der Waals surface area contributed by atoms with Crippen molar-refractivity contribution in [1.82, 2.24) is 9.97 Å². The van der Waals surface area contributed by atoms with Gasteiger partial charge in [0.15, 0.2) is 17.1 Å². The van der Waals surface area contributed by atoms with Crippen molar-refractivity contribution >= 4 is 28.3 Å². The highest BCUT2D eigenvalue weighted by molar-refractivity contribution is 5.91. The number of nitrogens with two attached hydrogens (primary N) is 1. The van der Waals surface area contributed by atoms with Gasteiger partial charge in [0, 0.05) is 24.2 Å². The molecule has 0 radical (unpaired) electrons. The smallest absolute Gasteiger partial charge is 0.261 e. The predicted octanol–water partition coefficient (Wildman–Crippen LogP) is 3.36. The topological polar surface area (TPSA) is 90.6 Å². The Labute approximate surface area is 164 Å². The lowest BCUT2D eigenvalue weighted by Crippen LogP contribution is -2.43. The molecule has 0 saturated carbocycles. The fourth-order valence-electron chi connectivity index (χ4n) is 2.83. The number of carbonyl (C=O) groups is 1. The highest BCUT2D eigenvalue weighted by Gasteiger charge is 2.29. The fraction of sp³-hybridized carbons (Fsp3) is 0.286. The molecule has 7 heteroatoms. The first-order chi connectivity index (χ1) is 13.2. The van der Waals surface area contributed by atoms with Crippen molar-refractivity contribution in [3.63, 3.8) is 0 Å². The number of para-hydroxylation sites is 1. The number of fused-ring (bicyclic) bond motifs is 1. The van der Waals surface area contributed by atoms with E-state index in [1.165, 1.54) is 0 Å². The zero-order valence-corrected chi connectivity index (χ0v) is 16.7. The largest absolute Gasteiger partial charge is 0.493 e. The zero-order chi connectivity index (χ0) is 20.5. The molecular formula is C21H24N4O3. The Bertz CT molecular complexity index is 1030. The molecule has 0 fully saturated rings. The number of rotatable bonds is 6. The van der Waals surface area contributed by atoms with Crippen LogP contribution in [0.5, 0.6) is 11.5 Å². The lowest BCUT2D eigenvalue weighted by molar-refractivity contribution is -0.130. The van der Waals surface area contributed by atoms with Crippen LogP contribution in [0.1, 0.15) is 19.7 Å². The third-order valence-corrected chi connectivity index (χ3v) is 4.51. The number of hydrogen-bond donors (Lipinski definition) is 1. The van der Waals surface area contributed by atoms with Crippen molar-refractivity contribution in [2.24, 2.45) is 5.73 Å². The van der Waals surface area contributed by atoms with E-state index in [0.29, 0.717) is 17.3 Å². The van der Waals surface area contributed by atoms with E-state index < -0.39 is 11.5 Å². The van der Waals surface area contributed by atoms with Crippen LogP contribution in [0.2, 0.25) is 0 Å². The van der Waals surface area contributed by atoms with Crippen LogP contribution in [0.25, 0.3) is 10.9 Å². The second-order valence-electron chi connectivity index (χ2n) is 6.98. The van der Waals surface area contributed by atoms with E-state index >= 15 is 0 Å². The molecule has 28 heavy (non-hydrogen) atoms. The molecule has 0 saturated heterocycles. The Morgan fingerprint density at radius 2 is 1.82 bits per heavy atom. The first kappa shape index (κ1) is 19.4. The first-order valence-corrected chi connectivity index (χ1v) is 8.87. The molecule has 3 rings (SSSR count). The Morgan fingerprint density at radius 3 is 2.50 bits per heavy atom. The van der Waals surface area contributed by atoms with E-state index in [-0.39, 0.29) is 0 Å². The van der Waals surface area contributed by atoms with Crippen LogP contribution in [0, 0.1) is 6.92 Å². The number of amides is 1. The van der Waals surface area contributed by atoms with Crippen molar-refractivity contribution in [1.29, 1.82) is 0 Å². The minimum atomic E-state index is -1.18. The Morgan fingerprint density at radius 1 is 1.11 bits per heavy atom. The summed E-state index contributed by atoms with van der Waals surface area (Å²) in [4.78, 5) is 22.7. The molecule has 0 spiro atoms. The monoisotopic (exact) mass is 380 g/mol. The number of hydrogen-bond acceptors (Lipinski definition) is 6. The van der Waals surface area contributed by atoms with Crippen LogP contribution in [0.15, 0.2) is 42.5 Å². The summed E-state index contributed by atoms with van der Waals surface area (Å²) in [7, 11) is 3.46. The minimum absolute atomic E-state index is 0.422. The van der Waals surface area contributed by atoms with Crippen LogP contribution in [-0.2, 0) is 4.79 Å². The zero-order valence-electron chi connectivity index (χ0n) is 16.7. The van der Waals surface area contributed by atoms with Gasteiger partial charge in [-0.05, 0) is 45.0 Å². The number of aromatic nitrogens is 2. The maximum absolute atomic E-state index is 11.7. The van der Waals surface area contributed by atoms with Crippen LogP contribution >= 0.6 is 0 Å². The number of carbonyl (C=O) groups excluding carboxylic acids is 1. The van der Waals surface area contributed by atoms with Crippen molar-refractivity contribution in [2.45, 2.75) is 26.4 Å². The van der Waals surface area contributed by atoms with Gasteiger partial charge >= 0.3 is 0 Å². The van der Waals surface area contributed by atoms with E-state index in [1.807, 2.05) is 49.2 Å². The molecule has 3 aromatic rings. The average molecular weight is 380 g/mol. The summed E-state index contributed by atoms with van der Waals surface area (Å²) in [5.74, 6) is 1.82. The quantitative estimate of drug-likeness (QED) is 0.705. The molecule has 7 nitrogen and oxygen atoms in total. The van der Waals surface area contributed by atoms with Crippen molar-refractivity contribution < 1.29 is 14.3 Å². The van der Waals surface area contributed by atoms with E-state index in [0.717, 1.165) is 22.4 Å². The fourth-order valence-corrected chi connectivity index (χ4v) is 2.83. The van der Waals surface area contributed by atoms with E-state index in [4.69, 9.17) is 15.2 Å². The van der Waals surface area contributed by atoms with Gasteiger partial charge < -0.3 is 20.1 Å². The third kappa shape index (κ3) is 3.69. The number of primary amides is 1. The summed E-state index contributed by atoms with van der Waals surface area (Å²) in [6.45, 7) is 5.10. The van der Waals surface area contributed by atoms with Crippen LogP contribution in [-0.4, -0.2) is 35.6 Å². The highest BCUT2D eigenvalue weighted by Crippen LogP contribution is 2.37. The van der Waals surface area contributed by atoms with Gasteiger partial charge in [0.2, 0.25) is 0 Å². The molecule has 2 aromatic carbocycles. The Kier molecular flexibility index (Phi) is 5.09. The molecule has 0 aliphatic carbocycles. The van der Waals surface area contributed by atoms with Crippen LogP contribution < -0.4 is 20.1 Å². The molecule has 1 aromatic heterocycles. The molecule has 1 heterocycles. The van der Waals surface area contributed by atoms with Gasteiger partial charge in [-0.25, -0.2) is 9.97 Å². The summed E-state index contributed by atoms with van der Waals surface area (Å²) in [5, 5.41) is 0.936. The maximum Gasteiger partial charge on any atom is 0.261 e. The lowest BCUT2D eigenvalue weighted by Gasteiger charge is -2.26. The molecule has 0 unspecified atom stereocenters. The van der Waals surface area contributed by atoms with Gasteiger partial charge in [0.1, 0.15) is 11.6 Å². The van der Waals surface area contributed by atoms with Crippen LogP contribution in [0.3, 0.4) is 0 Å². The average Bonchev–Trinajstić information content (AvgIpc) is 2.66. The van der Waals surface area contributed by atoms with E-state index in [2.05, 4.69) is 9.97 Å². The summed E-state index contributed by atoms with van der Waals surface area (Å²) in [5.41, 5.74) is 5.96. The summed E-state index contributed by atoms with van der Waals surface area (Å²) >= 11 is 0. The highest BCUT2D eigenvalue weighted by atomic mass is 16.5. The molecular weight excluding hydrogens is 356 g/mol. The summed E-state index contributed by atoms with van der Waals surface area (Å²) in [6, 6.07) is 13.3. The van der Waals surface area contributed by atoms with Gasteiger partial charge in [0.25, 0.3) is 5.91 Å². The molecule has 0 aliphatic rings. The lowest BCUT2D eigenvalue weighted by atomic mass is 10.1. The number of benzene rings is 2. The van der Waals surface area contributed by atoms with Crippen molar-refractivity contribution in [3.8, 4) is 11.5 Å². The molecule has 0 atom stereocenters. The van der Waals surface area contributed by atoms with Gasteiger partial charge in [-0.15, -0.1) is 0 Å². The number of aryl methyl sites for hydroxylation is 1. The number of nitrogens with zero attached hydrogens (tertiary/aromatic N) is 3. The van der Waals surface area contributed by atoms with Gasteiger partial charge in [-0.2, -0.15) is 0 Å². The van der Waals surface area contributed by atoms with E-state index in [1.54, 1.807) is 33.1 Å². The summed E-state index contributed by atoms with van der Waals surface area (Å²) < 4.78 is 11.2. The first-order valence-electron chi connectivity index (χ1n) is 8.87. The Hall–Kier alpha value is -3.35. The standard InChI is InChI=1S/C21H24N4O3/c1-13-23-16-9-7-6-8-15(16)19(24-13)25(4)14-10-11-17(27-5)18(12-14)28-21(2,3)20(22)26/h6-12H,1-5H3,(H2,22,26). The predicted molar refractivity (Wildman–Crippen MR) is 109 cm³/mol. The number of ether oxygens (including phenoxy) is 2.